The predicted octanol–water partition coefficient (Wildman–Crippen LogP) is 1.61. The number of carbonyl (C=O) groups excluding carboxylic acids is 1. The average molecular weight is 327 g/mol. The first kappa shape index (κ1) is 15.3. The first-order valence-corrected chi connectivity index (χ1v) is 8.34. The Hall–Kier alpha value is -2.28. The van der Waals surface area contributed by atoms with Crippen molar-refractivity contribution in [2.75, 3.05) is 19.7 Å². The van der Waals surface area contributed by atoms with Gasteiger partial charge >= 0.3 is 0 Å². The summed E-state index contributed by atoms with van der Waals surface area (Å²) in [4.78, 5) is 27.7. The lowest BCUT2D eigenvalue weighted by molar-refractivity contribution is -0.0279. The van der Waals surface area contributed by atoms with Crippen LogP contribution >= 0.6 is 0 Å². The SMILES string of the molecule is Cc1cn(C)c([C@@H]2CN(C(=O)c3cnc(C4CC4)nc3)CCO2)n1. The van der Waals surface area contributed by atoms with Gasteiger partial charge < -0.3 is 14.2 Å². The van der Waals surface area contributed by atoms with Crippen LogP contribution in [0.4, 0.5) is 0 Å². The van der Waals surface area contributed by atoms with E-state index in [0.29, 0.717) is 31.2 Å². The molecule has 4 rings (SSSR count). The molecule has 0 spiro atoms. The van der Waals surface area contributed by atoms with E-state index in [2.05, 4.69) is 15.0 Å². The third kappa shape index (κ3) is 2.91. The summed E-state index contributed by atoms with van der Waals surface area (Å²) in [6.07, 6.45) is 7.37. The Morgan fingerprint density at radius 3 is 2.67 bits per heavy atom. The molecule has 0 radical (unpaired) electrons. The molecule has 2 fully saturated rings. The topological polar surface area (TPSA) is 73.1 Å². The third-order valence-corrected chi connectivity index (χ3v) is 4.54. The van der Waals surface area contributed by atoms with Crippen LogP contribution in [0.3, 0.4) is 0 Å². The smallest absolute Gasteiger partial charge is 0.257 e. The van der Waals surface area contributed by atoms with Gasteiger partial charge in [-0.2, -0.15) is 0 Å². The Kier molecular flexibility index (Phi) is 3.80. The number of nitrogens with zero attached hydrogens (tertiary/aromatic N) is 5. The van der Waals surface area contributed by atoms with Gasteiger partial charge in [-0.15, -0.1) is 0 Å². The molecule has 7 nitrogen and oxygen atoms in total. The number of amides is 1. The highest BCUT2D eigenvalue weighted by Gasteiger charge is 2.30. The number of imidazole rings is 1. The van der Waals surface area contributed by atoms with Crippen LogP contribution in [0.1, 0.15) is 52.6 Å². The second-order valence-electron chi connectivity index (χ2n) is 6.57. The van der Waals surface area contributed by atoms with E-state index in [1.807, 2.05) is 24.7 Å². The van der Waals surface area contributed by atoms with Gasteiger partial charge in [-0.3, -0.25) is 4.79 Å². The second-order valence-corrected chi connectivity index (χ2v) is 6.57. The molecule has 0 N–H and O–H groups in total. The standard InChI is InChI=1S/C17H21N5O2/c1-11-9-21(2)16(20-11)14-10-22(5-6-24-14)17(23)13-7-18-15(19-8-13)12-3-4-12/h7-9,12,14H,3-6,10H2,1-2H3/t14-/m0/s1. The maximum Gasteiger partial charge on any atom is 0.257 e. The monoisotopic (exact) mass is 327 g/mol. The molecule has 1 saturated heterocycles. The predicted molar refractivity (Wildman–Crippen MR) is 86.5 cm³/mol. The molecular formula is C17H21N5O2. The van der Waals surface area contributed by atoms with Crippen molar-refractivity contribution in [1.82, 2.24) is 24.4 Å². The number of hydrogen-bond donors (Lipinski definition) is 0. The van der Waals surface area contributed by atoms with E-state index in [0.717, 1.165) is 30.2 Å². The molecule has 2 aliphatic rings. The van der Waals surface area contributed by atoms with Crippen molar-refractivity contribution in [3.8, 4) is 0 Å². The lowest BCUT2D eigenvalue weighted by atomic mass is 10.2. The summed E-state index contributed by atoms with van der Waals surface area (Å²) in [6.45, 7) is 3.52. The van der Waals surface area contributed by atoms with Gasteiger partial charge in [0.25, 0.3) is 5.91 Å². The van der Waals surface area contributed by atoms with Crippen LogP contribution in [0.15, 0.2) is 18.6 Å². The second kappa shape index (κ2) is 5.98. The van der Waals surface area contributed by atoms with Gasteiger partial charge in [0.05, 0.1) is 24.4 Å². The summed E-state index contributed by atoms with van der Waals surface area (Å²) in [6, 6.07) is 0. The lowest BCUT2D eigenvalue weighted by Gasteiger charge is -2.32. The minimum atomic E-state index is -0.201. The number of carbonyl (C=O) groups is 1. The summed E-state index contributed by atoms with van der Waals surface area (Å²) in [7, 11) is 1.95. The zero-order chi connectivity index (χ0) is 16.7. The molecule has 0 unspecified atom stereocenters. The Balaban J connectivity index is 1.48. The number of rotatable bonds is 3. The number of morpholine rings is 1. The Morgan fingerprint density at radius 2 is 2.04 bits per heavy atom. The summed E-state index contributed by atoms with van der Waals surface area (Å²) >= 11 is 0. The summed E-state index contributed by atoms with van der Waals surface area (Å²) in [5.41, 5.74) is 1.49. The van der Waals surface area contributed by atoms with Crippen molar-refractivity contribution in [2.45, 2.75) is 31.8 Å². The molecule has 1 amide bonds. The highest BCUT2D eigenvalue weighted by atomic mass is 16.5. The van der Waals surface area contributed by atoms with Crippen molar-refractivity contribution in [2.24, 2.45) is 7.05 Å². The molecular weight excluding hydrogens is 306 g/mol. The van der Waals surface area contributed by atoms with Crippen LogP contribution in [-0.2, 0) is 11.8 Å². The number of hydrogen-bond acceptors (Lipinski definition) is 5. The fourth-order valence-corrected chi connectivity index (χ4v) is 3.11. The molecule has 126 valence electrons. The van der Waals surface area contributed by atoms with E-state index in [1.54, 1.807) is 17.3 Å². The maximum atomic E-state index is 12.7. The molecule has 7 heteroatoms. The normalized spacial score (nSPS) is 21.1. The zero-order valence-corrected chi connectivity index (χ0v) is 14.0. The van der Waals surface area contributed by atoms with Crippen molar-refractivity contribution in [3.63, 3.8) is 0 Å². The Morgan fingerprint density at radius 1 is 1.29 bits per heavy atom. The van der Waals surface area contributed by atoms with E-state index < -0.39 is 0 Å². The molecule has 24 heavy (non-hydrogen) atoms. The van der Waals surface area contributed by atoms with Gasteiger partial charge in [0, 0.05) is 38.1 Å². The van der Waals surface area contributed by atoms with Gasteiger partial charge in [-0.05, 0) is 19.8 Å². The quantitative estimate of drug-likeness (QED) is 0.856. The molecule has 1 saturated carbocycles. The number of aryl methyl sites for hydroxylation is 2. The molecule has 1 aliphatic carbocycles. The Labute approximate surface area is 140 Å². The van der Waals surface area contributed by atoms with E-state index in [9.17, 15) is 4.79 Å². The molecule has 0 aromatic carbocycles. The van der Waals surface area contributed by atoms with Gasteiger partial charge in [0.1, 0.15) is 17.8 Å². The first-order valence-electron chi connectivity index (χ1n) is 8.34. The minimum Gasteiger partial charge on any atom is -0.367 e. The zero-order valence-electron chi connectivity index (χ0n) is 14.0. The van der Waals surface area contributed by atoms with Crippen LogP contribution in [0.5, 0.6) is 0 Å². The maximum absolute atomic E-state index is 12.7. The summed E-state index contributed by atoms with van der Waals surface area (Å²) in [5.74, 6) is 2.16. The number of ether oxygens (including phenoxy) is 1. The van der Waals surface area contributed by atoms with Crippen molar-refractivity contribution in [3.05, 3.63) is 41.5 Å². The third-order valence-electron chi connectivity index (χ3n) is 4.54. The highest BCUT2D eigenvalue weighted by molar-refractivity contribution is 5.93. The lowest BCUT2D eigenvalue weighted by Crippen LogP contribution is -2.43. The van der Waals surface area contributed by atoms with Crippen LogP contribution in [0.25, 0.3) is 0 Å². The molecule has 1 aliphatic heterocycles. The molecule has 3 heterocycles. The van der Waals surface area contributed by atoms with Crippen molar-refractivity contribution >= 4 is 5.91 Å². The van der Waals surface area contributed by atoms with Crippen molar-refractivity contribution in [1.29, 1.82) is 0 Å². The van der Waals surface area contributed by atoms with Crippen molar-refractivity contribution < 1.29 is 9.53 Å². The van der Waals surface area contributed by atoms with Gasteiger partial charge in [-0.1, -0.05) is 0 Å². The van der Waals surface area contributed by atoms with E-state index >= 15 is 0 Å². The van der Waals surface area contributed by atoms with E-state index in [-0.39, 0.29) is 12.0 Å². The van der Waals surface area contributed by atoms with Crippen LogP contribution in [0, 0.1) is 6.92 Å². The minimum absolute atomic E-state index is 0.0448. The van der Waals surface area contributed by atoms with E-state index in [4.69, 9.17) is 4.74 Å². The van der Waals surface area contributed by atoms with Crippen LogP contribution in [0.2, 0.25) is 0 Å². The molecule has 2 aromatic rings. The van der Waals surface area contributed by atoms with E-state index in [1.165, 1.54) is 0 Å². The Bertz CT molecular complexity index is 751. The fourth-order valence-electron chi connectivity index (χ4n) is 3.11. The first-order chi connectivity index (χ1) is 11.6. The number of aromatic nitrogens is 4. The van der Waals surface area contributed by atoms with Gasteiger partial charge in [0.15, 0.2) is 0 Å². The highest BCUT2D eigenvalue weighted by Crippen LogP contribution is 2.37. The molecule has 1 atom stereocenters. The van der Waals surface area contributed by atoms with Crippen LogP contribution < -0.4 is 0 Å². The molecule has 0 bridgehead atoms. The van der Waals surface area contributed by atoms with Crippen LogP contribution in [-0.4, -0.2) is 50.0 Å². The summed E-state index contributed by atoms with van der Waals surface area (Å²) in [5, 5.41) is 0. The average Bonchev–Trinajstić information content (AvgIpc) is 3.39. The van der Waals surface area contributed by atoms with Gasteiger partial charge in [0.2, 0.25) is 0 Å². The van der Waals surface area contributed by atoms with Gasteiger partial charge in [-0.25, -0.2) is 15.0 Å². The largest absolute Gasteiger partial charge is 0.367 e. The fraction of sp³-hybridized carbons (Fsp3) is 0.529. The summed E-state index contributed by atoms with van der Waals surface area (Å²) < 4.78 is 7.78. The molecule has 2 aromatic heterocycles.